The second kappa shape index (κ2) is 7.59. The van der Waals surface area contributed by atoms with Crippen LogP contribution in [-0.2, 0) is 0 Å². The van der Waals surface area contributed by atoms with E-state index < -0.39 is 0 Å². The van der Waals surface area contributed by atoms with Gasteiger partial charge in [0.2, 0.25) is 0 Å². The first-order chi connectivity index (χ1) is 10.0. The van der Waals surface area contributed by atoms with Crippen LogP contribution in [-0.4, -0.2) is 60.8 Å². The number of halogens is 1. The second-order valence-corrected chi connectivity index (χ2v) is 6.67. The molecule has 1 unspecified atom stereocenters. The van der Waals surface area contributed by atoms with Gasteiger partial charge in [0, 0.05) is 39.3 Å². The molecule has 4 heteroatoms. The number of β-amino-alcohol motifs (C(OH)–C–C–N with tert-alkyl or cyclic N) is 1. The van der Waals surface area contributed by atoms with Crippen molar-refractivity contribution in [3.63, 3.8) is 0 Å². The molecule has 3 nitrogen and oxygen atoms in total. The highest BCUT2D eigenvalue weighted by atomic mass is 35.5. The number of aliphatic hydroxyl groups is 1. The summed E-state index contributed by atoms with van der Waals surface area (Å²) in [6.45, 7) is 12.5. The zero-order valence-electron chi connectivity index (χ0n) is 13.4. The lowest BCUT2D eigenvalue weighted by Crippen LogP contribution is -2.47. The largest absolute Gasteiger partial charge is 0.395 e. The third-order valence-electron chi connectivity index (χ3n) is 4.35. The lowest BCUT2D eigenvalue weighted by molar-refractivity contribution is 0.112. The van der Waals surface area contributed by atoms with Crippen molar-refractivity contribution in [2.75, 3.05) is 45.9 Å². The first kappa shape index (κ1) is 16.8. The highest BCUT2D eigenvalue weighted by Gasteiger charge is 2.21. The fraction of sp³-hybridized carbons (Fsp3) is 0.647. The molecule has 1 aliphatic heterocycles. The average Bonchev–Trinajstić information content (AvgIpc) is 2.40. The molecule has 1 aromatic carbocycles. The van der Waals surface area contributed by atoms with Crippen molar-refractivity contribution in [2.45, 2.75) is 26.1 Å². The molecule has 0 radical (unpaired) electrons. The van der Waals surface area contributed by atoms with E-state index in [1.807, 2.05) is 0 Å². The maximum absolute atomic E-state index is 8.99. The SMILES string of the molecule is Cc1cc(C)c(C(Cl)CN2CCN(CCO)CC2)c(C)c1. The van der Waals surface area contributed by atoms with Crippen LogP contribution >= 0.6 is 11.6 Å². The first-order valence-electron chi connectivity index (χ1n) is 7.78. The Morgan fingerprint density at radius 3 is 2.10 bits per heavy atom. The molecule has 118 valence electrons. The lowest BCUT2D eigenvalue weighted by Gasteiger charge is -2.35. The summed E-state index contributed by atoms with van der Waals surface area (Å²) < 4.78 is 0. The Bertz CT molecular complexity index is 447. The van der Waals surface area contributed by atoms with E-state index in [0.29, 0.717) is 0 Å². The van der Waals surface area contributed by atoms with Gasteiger partial charge in [-0.05, 0) is 37.5 Å². The van der Waals surface area contributed by atoms with Crippen LogP contribution in [0.25, 0.3) is 0 Å². The molecule has 1 saturated heterocycles. The summed E-state index contributed by atoms with van der Waals surface area (Å²) >= 11 is 6.70. The number of aryl methyl sites for hydroxylation is 3. The van der Waals surface area contributed by atoms with Crippen molar-refractivity contribution in [3.8, 4) is 0 Å². The van der Waals surface area contributed by atoms with Crippen LogP contribution in [0.15, 0.2) is 12.1 Å². The van der Waals surface area contributed by atoms with Gasteiger partial charge in [0.1, 0.15) is 0 Å². The summed E-state index contributed by atoms with van der Waals surface area (Å²) in [5.41, 5.74) is 5.19. The minimum absolute atomic E-state index is 0.0509. The van der Waals surface area contributed by atoms with Gasteiger partial charge in [-0.1, -0.05) is 17.7 Å². The monoisotopic (exact) mass is 310 g/mol. The Labute approximate surface area is 133 Å². The molecule has 21 heavy (non-hydrogen) atoms. The first-order valence-corrected chi connectivity index (χ1v) is 8.22. The van der Waals surface area contributed by atoms with Crippen molar-refractivity contribution in [3.05, 3.63) is 34.4 Å². The van der Waals surface area contributed by atoms with E-state index in [1.54, 1.807) is 0 Å². The van der Waals surface area contributed by atoms with E-state index >= 15 is 0 Å². The molecule has 0 spiro atoms. The lowest BCUT2D eigenvalue weighted by atomic mass is 9.97. The summed E-state index contributed by atoms with van der Waals surface area (Å²) in [6, 6.07) is 4.44. The molecule has 0 aliphatic carbocycles. The second-order valence-electron chi connectivity index (χ2n) is 6.15. The predicted octanol–water partition coefficient (Wildman–Crippen LogP) is 2.50. The van der Waals surface area contributed by atoms with Gasteiger partial charge >= 0.3 is 0 Å². The maximum atomic E-state index is 8.99. The minimum Gasteiger partial charge on any atom is -0.395 e. The molecule has 1 N–H and O–H groups in total. The van der Waals surface area contributed by atoms with Crippen molar-refractivity contribution in [1.82, 2.24) is 9.80 Å². The van der Waals surface area contributed by atoms with Crippen LogP contribution in [0.4, 0.5) is 0 Å². The van der Waals surface area contributed by atoms with Crippen LogP contribution < -0.4 is 0 Å². The molecule has 1 fully saturated rings. The Morgan fingerprint density at radius 1 is 1.05 bits per heavy atom. The Hall–Kier alpha value is -0.610. The molecular formula is C17H27ClN2O. The average molecular weight is 311 g/mol. The molecule has 1 aliphatic rings. The topological polar surface area (TPSA) is 26.7 Å². The van der Waals surface area contributed by atoms with E-state index in [0.717, 1.165) is 39.3 Å². The molecular weight excluding hydrogens is 284 g/mol. The third kappa shape index (κ3) is 4.43. The van der Waals surface area contributed by atoms with Crippen LogP contribution in [0.1, 0.15) is 27.6 Å². The van der Waals surface area contributed by atoms with Crippen LogP contribution in [0.2, 0.25) is 0 Å². The van der Waals surface area contributed by atoms with Gasteiger partial charge in [0.25, 0.3) is 0 Å². The summed E-state index contributed by atoms with van der Waals surface area (Å²) in [4.78, 5) is 4.74. The Kier molecular flexibility index (Phi) is 6.06. The van der Waals surface area contributed by atoms with Crippen molar-refractivity contribution < 1.29 is 5.11 Å². The number of benzene rings is 1. The Morgan fingerprint density at radius 2 is 1.57 bits per heavy atom. The molecule has 0 amide bonds. The molecule has 1 atom stereocenters. The molecule has 2 rings (SSSR count). The number of alkyl halides is 1. The highest BCUT2D eigenvalue weighted by Crippen LogP contribution is 2.29. The van der Waals surface area contributed by atoms with Gasteiger partial charge in [-0.25, -0.2) is 0 Å². The fourth-order valence-electron chi connectivity index (χ4n) is 3.34. The Balaban J connectivity index is 1.95. The zero-order chi connectivity index (χ0) is 15.4. The summed E-state index contributed by atoms with van der Waals surface area (Å²) in [7, 11) is 0. The summed E-state index contributed by atoms with van der Waals surface area (Å²) in [5, 5.41) is 9.04. The number of nitrogens with zero attached hydrogens (tertiary/aromatic N) is 2. The predicted molar refractivity (Wildman–Crippen MR) is 89.2 cm³/mol. The van der Waals surface area contributed by atoms with E-state index in [2.05, 4.69) is 42.7 Å². The van der Waals surface area contributed by atoms with Crippen molar-refractivity contribution in [2.24, 2.45) is 0 Å². The quantitative estimate of drug-likeness (QED) is 0.847. The molecule has 0 bridgehead atoms. The maximum Gasteiger partial charge on any atom is 0.0717 e. The van der Waals surface area contributed by atoms with Crippen LogP contribution in [0.3, 0.4) is 0 Å². The number of hydrogen-bond acceptors (Lipinski definition) is 3. The van der Waals surface area contributed by atoms with Crippen molar-refractivity contribution in [1.29, 1.82) is 0 Å². The normalized spacial score (nSPS) is 18.9. The van der Waals surface area contributed by atoms with E-state index in [4.69, 9.17) is 16.7 Å². The van der Waals surface area contributed by atoms with Gasteiger partial charge in [-0.15, -0.1) is 11.6 Å². The number of rotatable bonds is 5. The number of hydrogen-bond donors (Lipinski definition) is 1. The number of aliphatic hydroxyl groups excluding tert-OH is 1. The van der Waals surface area contributed by atoms with Crippen LogP contribution in [0.5, 0.6) is 0 Å². The van der Waals surface area contributed by atoms with Gasteiger partial charge in [-0.3, -0.25) is 9.80 Å². The van der Waals surface area contributed by atoms with Gasteiger partial charge in [-0.2, -0.15) is 0 Å². The standard InChI is InChI=1S/C17H27ClN2O/c1-13-10-14(2)17(15(3)11-13)16(18)12-20-6-4-19(5-7-20)8-9-21/h10-11,16,21H,4-9,12H2,1-3H3. The molecule has 0 saturated carbocycles. The zero-order valence-corrected chi connectivity index (χ0v) is 14.2. The van der Waals surface area contributed by atoms with E-state index in [1.165, 1.54) is 22.3 Å². The summed E-state index contributed by atoms with van der Waals surface area (Å²) in [5.74, 6) is 0. The van der Waals surface area contributed by atoms with E-state index in [9.17, 15) is 0 Å². The summed E-state index contributed by atoms with van der Waals surface area (Å²) in [6.07, 6.45) is 0. The van der Waals surface area contributed by atoms with Crippen molar-refractivity contribution >= 4 is 11.6 Å². The smallest absolute Gasteiger partial charge is 0.0717 e. The van der Waals surface area contributed by atoms with Gasteiger partial charge in [0.05, 0.1) is 12.0 Å². The van der Waals surface area contributed by atoms with Gasteiger partial charge < -0.3 is 5.11 Å². The molecule has 1 heterocycles. The number of piperazine rings is 1. The minimum atomic E-state index is 0.0509. The highest BCUT2D eigenvalue weighted by molar-refractivity contribution is 6.21. The van der Waals surface area contributed by atoms with Crippen LogP contribution in [0, 0.1) is 20.8 Å². The van der Waals surface area contributed by atoms with Gasteiger partial charge in [0.15, 0.2) is 0 Å². The fourth-order valence-corrected chi connectivity index (χ4v) is 3.88. The van der Waals surface area contributed by atoms with E-state index in [-0.39, 0.29) is 12.0 Å². The third-order valence-corrected chi connectivity index (χ3v) is 4.71. The molecule has 1 aromatic rings. The molecule has 0 aromatic heterocycles.